The summed E-state index contributed by atoms with van der Waals surface area (Å²) < 4.78 is 0. The van der Waals surface area contributed by atoms with Crippen LogP contribution in [0.4, 0.5) is 0 Å². The highest BCUT2D eigenvalue weighted by Crippen LogP contribution is 2.26. The molecule has 1 aromatic rings. The number of unbranched alkanes of at least 4 members (excludes halogenated alkanes) is 4. The molecule has 2 N–H and O–H groups in total. The summed E-state index contributed by atoms with van der Waals surface area (Å²) in [4.78, 5) is 24.0. The molecule has 112 valence electrons. The van der Waals surface area contributed by atoms with Gasteiger partial charge in [-0.2, -0.15) is 0 Å². The van der Waals surface area contributed by atoms with Crippen molar-refractivity contribution in [2.45, 2.75) is 39.0 Å². The zero-order valence-electron chi connectivity index (χ0n) is 12.3. The fourth-order valence-corrected chi connectivity index (χ4v) is 2.47. The molecule has 1 aliphatic carbocycles. The number of aliphatic hydroxyl groups excluding tert-OH is 1. The first-order chi connectivity index (χ1) is 10.2. The SMILES string of the molecule is CCCCCCCNC1=C(O)c2ccccc2C(=O)C1=O. The Labute approximate surface area is 124 Å². The number of nitrogens with one attached hydrogen (secondary N) is 1. The van der Waals surface area contributed by atoms with Gasteiger partial charge < -0.3 is 10.4 Å². The fourth-order valence-electron chi connectivity index (χ4n) is 2.47. The lowest BCUT2D eigenvalue weighted by Crippen LogP contribution is -2.32. The van der Waals surface area contributed by atoms with Gasteiger partial charge in [-0.15, -0.1) is 0 Å². The number of Topliss-reactive ketones (excluding diaryl/α,β-unsaturated/α-hetero) is 2. The summed E-state index contributed by atoms with van der Waals surface area (Å²) >= 11 is 0. The molecule has 0 spiro atoms. The molecule has 0 atom stereocenters. The van der Waals surface area contributed by atoms with Crippen molar-refractivity contribution in [1.29, 1.82) is 0 Å². The molecule has 4 heteroatoms. The van der Waals surface area contributed by atoms with E-state index >= 15 is 0 Å². The number of aliphatic hydroxyl groups is 1. The Morgan fingerprint density at radius 2 is 1.62 bits per heavy atom. The van der Waals surface area contributed by atoms with Crippen molar-refractivity contribution in [3.05, 3.63) is 41.1 Å². The van der Waals surface area contributed by atoms with Crippen molar-refractivity contribution in [1.82, 2.24) is 5.32 Å². The molecule has 0 heterocycles. The second-order valence-electron chi connectivity index (χ2n) is 5.27. The van der Waals surface area contributed by atoms with Gasteiger partial charge in [0.05, 0.1) is 0 Å². The zero-order valence-corrected chi connectivity index (χ0v) is 12.3. The highest BCUT2D eigenvalue weighted by atomic mass is 16.3. The molecule has 0 bridgehead atoms. The van der Waals surface area contributed by atoms with E-state index in [1.165, 1.54) is 19.3 Å². The zero-order chi connectivity index (χ0) is 15.2. The van der Waals surface area contributed by atoms with Gasteiger partial charge in [-0.1, -0.05) is 56.9 Å². The van der Waals surface area contributed by atoms with Crippen LogP contribution in [0.25, 0.3) is 5.76 Å². The molecule has 0 unspecified atom stereocenters. The van der Waals surface area contributed by atoms with E-state index in [0.29, 0.717) is 12.1 Å². The van der Waals surface area contributed by atoms with E-state index in [1.54, 1.807) is 24.3 Å². The third-order valence-electron chi connectivity index (χ3n) is 3.68. The molecule has 0 saturated carbocycles. The first kappa shape index (κ1) is 15.3. The summed E-state index contributed by atoms with van der Waals surface area (Å²) in [7, 11) is 0. The summed E-state index contributed by atoms with van der Waals surface area (Å²) in [5.74, 6) is -1.33. The average Bonchev–Trinajstić information content (AvgIpc) is 2.51. The van der Waals surface area contributed by atoms with Crippen LogP contribution in [0.5, 0.6) is 0 Å². The first-order valence-electron chi connectivity index (χ1n) is 7.52. The number of hydrogen-bond acceptors (Lipinski definition) is 4. The topological polar surface area (TPSA) is 66.4 Å². The predicted molar refractivity (Wildman–Crippen MR) is 82.1 cm³/mol. The number of carbonyl (C=O) groups excluding carboxylic acids is 2. The van der Waals surface area contributed by atoms with Crippen LogP contribution in [0.3, 0.4) is 0 Å². The van der Waals surface area contributed by atoms with Crippen molar-refractivity contribution < 1.29 is 14.7 Å². The highest BCUT2D eigenvalue weighted by molar-refractivity contribution is 6.52. The van der Waals surface area contributed by atoms with E-state index in [1.807, 2.05) is 0 Å². The van der Waals surface area contributed by atoms with Crippen LogP contribution in [-0.2, 0) is 4.79 Å². The van der Waals surface area contributed by atoms with Crippen LogP contribution in [0.15, 0.2) is 30.0 Å². The van der Waals surface area contributed by atoms with Gasteiger partial charge in [-0.05, 0) is 6.42 Å². The number of carbonyl (C=O) groups is 2. The fraction of sp³-hybridized carbons (Fsp3) is 0.412. The Morgan fingerprint density at radius 1 is 0.952 bits per heavy atom. The van der Waals surface area contributed by atoms with Crippen LogP contribution in [0.1, 0.15) is 54.9 Å². The van der Waals surface area contributed by atoms with Crippen molar-refractivity contribution in [2.75, 3.05) is 6.54 Å². The van der Waals surface area contributed by atoms with Crippen molar-refractivity contribution in [3.8, 4) is 0 Å². The lowest BCUT2D eigenvalue weighted by Gasteiger charge is -2.18. The monoisotopic (exact) mass is 287 g/mol. The Hall–Kier alpha value is -2.10. The minimum atomic E-state index is -0.653. The van der Waals surface area contributed by atoms with E-state index < -0.39 is 11.6 Å². The molecule has 0 aliphatic heterocycles. The first-order valence-corrected chi connectivity index (χ1v) is 7.52. The van der Waals surface area contributed by atoms with Crippen LogP contribution < -0.4 is 5.32 Å². The third-order valence-corrected chi connectivity index (χ3v) is 3.68. The molecule has 0 aromatic heterocycles. The van der Waals surface area contributed by atoms with Crippen LogP contribution in [0.2, 0.25) is 0 Å². The minimum absolute atomic E-state index is 0.0363. The molecule has 2 rings (SSSR count). The second kappa shape index (κ2) is 7.07. The second-order valence-corrected chi connectivity index (χ2v) is 5.27. The van der Waals surface area contributed by atoms with E-state index in [-0.39, 0.29) is 17.0 Å². The van der Waals surface area contributed by atoms with E-state index in [4.69, 9.17) is 0 Å². The average molecular weight is 287 g/mol. The maximum atomic E-state index is 12.0. The number of hydrogen-bond donors (Lipinski definition) is 2. The molecule has 1 aromatic carbocycles. The van der Waals surface area contributed by atoms with Gasteiger partial charge in [0.1, 0.15) is 5.70 Å². The van der Waals surface area contributed by atoms with Gasteiger partial charge in [0.25, 0.3) is 5.78 Å². The molecule has 0 radical (unpaired) electrons. The quantitative estimate of drug-likeness (QED) is 0.597. The van der Waals surface area contributed by atoms with Crippen LogP contribution in [0, 0.1) is 0 Å². The number of allylic oxidation sites excluding steroid dienone is 1. The summed E-state index contributed by atoms with van der Waals surface area (Å²) in [6, 6.07) is 6.63. The standard InChI is InChI=1S/C17H21NO3/c1-2-3-4-5-8-11-18-14-15(19)12-9-6-7-10-13(12)16(20)17(14)21/h6-7,9-10,18-19H,2-5,8,11H2,1H3. The molecule has 1 aliphatic rings. The molecule has 0 fully saturated rings. The van der Waals surface area contributed by atoms with Crippen molar-refractivity contribution in [2.24, 2.45) is 0 Å². The lowest BCUT2D eigenvalue weighted by molar-refractivity contribution is -0.112. The molecular weight excluding hydrogens is 266 g/mol. The van der Waals surface area contributed by atoms with E-state index in [0.717, 1.165) is 12.8 Å². The molecule has 0 amide bonds. The van der Waals surface area contributed by atoms with Gasteiger partial charge in [0.2, 0.25) is 5.78 Å². The van der Waals surface area contributed by atoms with Gasteiger partial charge in [0.15, 0.2) is 5.76 Å². The summed E-state index contributed by atoms with van der Waals surface area (Å²) in [5.41, 5.74) is 0.735. The van der Waals surface area contributed by atoms with Gasteiger partial charge >= 0.3 is 0 Å². The maximum absolute atomic E-state index is 12.0. The highest BCUT2D eigenvalue weighted by Gasteiger charge is 2.32. The Kier molecular flexibility index (Phi) is 5.14. The number of rotatable bonds is 7. The number of fused-ring (bicyclic) bond motifs is 1. The number of benzene rings is 1. The summed E-state index contributed by atoms with van der Waals surface area (Å²) in [5, 5.41) is 13.1. The summed E-state index contributed by atoms with van der Waals surface area (Å²) in [6.07, 6.45) is 5.55. The smallest absolute Gasteiger partial charge is 0.253 e. The van der Waals surface area contributed by atoms with Gasteiger partial charge in [-0.3, -0.25) is 9.59 Å². The van der Waals surface area contributed by atoms with Gasteiger partial charge in [-0.25, -0.2) is 0 Å². The molecule has 4 nitrogen and oxygen atoms in total. The van der Waals surface area contributed by atoms with Crippen LogP contribution in [-0.4, -0.2) is 23.2 Å². The number of ketones is 2. The maximum Gasteiger partial charge on any atom is 0.253 e. The normalized spacial score (nSPS) is 14.3. The molecular formula is C17H21NO3. The Morgan fingerprint density at radius 3 is 2.33 bits per heavy atom. The predicted octanol–water partition coefficient (Wildman–Crippen LogP) is 3.24. The molecule has 21 heavy (non-hydrogen) atoms. The Bertz CT molecular complexity index is 575. The van der Waals surface area contributed by atoms with Crippen molar-refractivity contribution in [3.63, 3.8) is 0 Å². The van der Waals surface area contributed by atoms with E-state index in [9.17, 15) is 14.7 Å². The third kappa shape index (κ3) is 3.32. The summed E-state index contributed by atoms with van der Waals surface area (Å²) in [6.45, 7) is 2.75. The minimum Gasteiger partial charge on any atom is -0.505 e. The lowest BCUT2D eigenvalue weighted by atomic mass is 9.91. The largest absolute Gasteiger partial charge is 0.505 e. The van der Waals surface area contributed by atoms with Gasteiger partial charge in [0, 0.05) is 17.7 Å². The van der Waals surface area contributed by atoms with Crippen LogP contribution >= 0.6 is 0 Å². The molecule has 0 saturated heterocycles. The van der Waals surface area contributed by atoms with E-state index in [2.05, 4.69) is 12.2 Å². The Balaban J connectivity index is 2.05. The van der Waals surface area contributed by atoms with Crippen molar-refractivity contribution >= 4 is 17.3 Å².